The van der Waals surface area contributed by atoms with Gasteiger partial charge in [-0.3, -0.25) is 4.90 Å². The normalized spacial score (nSPS) is 23.9. The van der Waals surface area contributed by atoms with Crippen molar-refractivity contribution in [3.63, 3.8) is 0 Å². The molecule has 2 aliphatic heterocycles. The minimum atomic E-state index is 0.0122. The zero-order chi connectivity index (χ0) is 14.1. The van der Waals surface area contributed by atoms with Crippen LogP contribution in [0.4, 0.5) is 5.82 Å². The van der Waals surface area contributed by atoms with Gasteiger partial charge in [-0.05, 0) is 25.5 Å². The molecule has 108 valence electrons. The molecule has 0 radical (unpaired) electrons. The molecule has 2 aliphatic rings. The van der Waals surface area contributed by atoms with E-state index in [1.807, 2.05) is 0 Å². The molecule has 6 nitrogen and oxygen atoms in total. The Morgan fingerprint density at radius 1 is 1.45 bits per heavy atom. The fourth-order valence-electron chi connectivity index (χ4n) is 3.09. The summed E-state index contributed by atoms with van der Waals surface area (Å²) in [7, 11) is 0. The fourth-order valence-corrected chi connectivity index (χ4v) is 3.42. The molecule has 0 bridgehead atoms. The van der Waals surface area contributed by atoms with Crippen LogP contribution in [0.15, 0.2) is 17.4 Å². The van der Waals surface area contributed by atoms with Gasteiger partial charge in [-0.15, -0.1) is 0 Å². The predicted molar refractivity (Wildman–Crippen MR) is 78.6 cm³/mol. The molecular weight excluding hydrogens is 278 g/mol. The summed E-state index contributed by atoms with van der Waals surface area (Å²) >= 11 is 6.37. The second-order valence-electron chi connectivity index (χ2n) is 5.26. The van der Waals surface area contributed by atoms with Crippen LogP contribution in [0, 0.1) is 0 Å². The third kappa shape index (κ3) is 2.29. The van der Waals surface area contributed by atoms with Gasteiger partial charge in [0, 0.05) is 37.4 Å². The van der Waals surface area contributed by atoms with Gasteiger partial charge in [0.1, 0.15) is 5.82 Å². The first-order valence-electron chi connectivity index (χ1n) is 6.82. The minimum absolute atomic E-state index is 0.0122. The Kier molecular flexibility index (Phi) is 3.67. The smallest absolute Gasteiger partial charge is 0.171 e. The second-order valence-corrected chi connectivity index (χ2v) is 5.64. The summed E-state index contributed by atoms with van der Waals surface area (Å²) < 4.78 is 0. The molecule has 2 saturated heterocycles. The number of anilines is 1. The molecule has 3 rings (SSSR count). The van der Waals surface area contributed by atoms with E-state index in [0.29, 0.717) is 16.6 Å². The van der Waals surface area contributed by atoms with E-state index in [4.69, 9.17) is 22.5 Å². The van der Waals surface area contributed by atoms with Crippen molar-refractivity contribution in [1.29, 1.82) is 0 Å². The maximum Gasteiger partial charge on any atom is 0.171 e. The number of fused-ring (bicyclic) bond motifs is 1. The van der Waals surface area contributed by atoms with Crippen LogP contribution in [0.1, 0.15) is 18.4 Å². The lowest BCUT2D eigenvalue weighted by Gasteiger charge is -2.38. The number of nitrogens with zero attached hydrogens (tertiary/aromatic N) is 4. The molecule has 7 heteroatoms. The molecule has 1 unspecified atom stereocenters. The summed E-state index contributed by atoms with van der Waals surface area (Å²) in [6, 6.07) is 2.25. The fraction of sp³-hybridized carbons (Fsp3) is 0.538. The van der Waals surface area contributed by atoms with Gasteiger partial charge in [0.2, 0.25) is 0 Å². The first-order valence-corrected chi connectivity index (χ1v) is 7.20. The number of aromatic nitrogens is 1. The molecule has 1 aromatic rings. The summed E-state index contributed by atoms with van der Waals surface area (Å²) in [5.41, 5.74) is 6.16. The first kappa shape index (κ1) is 13.5. The zero-order valence-electron chi connectivity index (χ0n) is 11.2. The third-order valence-electron chi connectivity index (χ3n) is 4.14. The number of halogens is 1. The maximum atomic E-state index is 8.80. The first-order chi connectivity index (χ1) is 9.70. The quantitative estimate of drug-likeness (QED) is 0.370. The topological polar surface area (TPSA) is 78.0 Å². The van der Waals surface area contributed by atoms with Gasteiger partial charge < -0.3 is 15.8 Å². The number of amidine groups is 1. The molecule has 20 heavy (non-hydrogen) atoms. The lowest BCUT2D eigenvalue weighted by atomic mass is 10.1. The van der Waals surface area contributed by atoms with Gasteiger partial charge in [0.05, 0.1) is 5.02 Å². The number of nitrogens with two attached hydrogens (primary N) is 1. The van der Waals surface area contributed by atoms with Crippen molar-refractivity contribution in [1.82, 2.24) is 9.88 Å². The van der Waals surface area contributed by atoms with Crippen LogP contribution in [0.25, 0.3) is 0 Å². The van der Waals surface area contributed by atoms with Gasteiger partial charge in [0.25, 0.3) is 0 Å². The summed E-state index contributed by atoms with van der Waals surface area (Å²) in [4.78, 5) is 9.10. The Balaban J connectivity index is 1.87. The van der Waals surface area contributed by atoms with Crippen LogP contribution < -0.4 is 10.6 Å². The number of pyridine rings is 1. The van der Waals surface area contributed by atoms with E-state index in [2.05, 4.69) is 19.9 Å². The lowest BCUT2D eigenvalue weighted by molar-refractivity contribution is 0.230. The molecule has 1 aromatic heterocycles. The lowest BCUT2D eigenvalue weighted by Crippen LogP contribution is -2.50. The summed E-state index contributed by atoms with van der Waals surface area (Å²) in [6.45, 7) is 4.08. The van der Waals surface area contributed by atoms with Gasteiger partial charge in [-0.25, -0.2) is 4.98 Å². The molecule has 0 aliphatic carbocycles. The molecular formula is C13H18ClN5O. The van der Waals surface area contributed by atoms with E-state index in [-0.39, 0.29) is 5.84 Å². The van der Waals surface area contributed by atoms with Crippen molar-refractivity contribution in [2.45, 2.75) is 18.9 Å². The van der Waals surface area contributed by atoms with Crippen molar-refractivity contribution in [3.05, 3.63) is 22.8 Å². The van der Waals surface area contributed by atoms with Crippen LogP contribution in [0.2, 0.25) is 5.02 Å². The SMILES string of the molecule is N/C(=N/O)c1ccnc(N2CCN3CCCC3C2)c1Cl. The van der Waals surface area contributed by atoms with E-state index < -0.39 is 0 Å². The summed E-state index contributed by atoms with van der Waals surface area (Å²) in [5, 5.41) is 12.3. The highest BCUT2D eigenvalue weighted by Crippen LogP contribution is 2.30. The molecule has 0 spiro atoms. The van der Waals surface area contributed by atoms with Crippen LogP contribution in [0.5, 0.6) is 0 Å². The molecule has 3 N–H and O–H groups in total. The largest absolute Gasteiger partial charge is 0.409 e. The standard InChI is InChI=1S/C13H18ClN5O/c14-11-10(12(15)17-20)3-4-16-13(11)19-7-6-18-5-1-2-9(18)8-19/h3-4,9,20H,1-2,5-8H2,(H2,15,17). The van der Waals surface area contributed by atoms with Crippen molar-refractivity contribution in [2.24, 2.45) is 10.9 Å². The number of hydrogen-bond acceptors (Lipinski definition) is 5. The van der Waals surface area contributed by atoms with Crippen LogP contribution >= 0.6 is 11.6 Å². The van der Waals surface area contributed by atoms with E-state index in [1.54, 1.807) is 12.3 Å². The zero-order valence-corrected chi connectivity index (χ0v) is 11.9. The van der Waals surface area contributed by atoms with E-state index in [1.165, 1.54) is 19.4 Å². The van der Waals surface area contributed by atoms with Crippen LogP contribution in [-0.4, -0.2) is 53.1 Å². The maximum absolute atomic E-state index is 8.80. The van der Waals surface area contributed by atoms with Crippen LogP contribution in [-0.2, 0) is 0 Å². The Morgan fingerprint density at radius 3 is 3.10 bits per heavy atom. The van der Waals surface area contributed by atoms with Crippen molar-refractivity contribution >= 4 is 23.3 Å². The van der Waals surface area contributed by atoms with Gasteiger partial charge in [-0.2, -0.15) is 0 Å². The van der Waals surface area contributed by atoms with E-state index in [0.717, 1.165) is 25.5 Å². The minimum Gasteiger partial charge on any atom is -0.409 e. The Bertz CT molecular complexity index is 535. The Morgan fingerprint density at radius 2 is 2.30 bits per heavy atom. The molecule has 2 fully saturated rings. The highest BCUT2D eigenvalue weighted by molar-refractivity contribution is 6.36. The third-order valence-corrected chi connectivity index (χ3v) is 4.51. The average Bonchev–Trinajstić information content (AvgIpc) is 2.94. The molecule has 0 aromatic carbocycles. The van der Waals surface area contributed by atoms with Gasteiger partial charge in [0.15, 0.2) is 5.84 Å². The number of hydrogen-bond donors (Lipinski definition) is 2. The molecule has 3 heterocycles. The van der Waals surface area contributed by atoms with Gasteiger partial charge >= 0.3 is 0 Å². The summed E-state index contributed by atoms with van der Waals surface area (Å²) in [5.74, 6) is 0.737. The van der Waals surface area contributed by atoms with Crippen molar-refractivity contribution in [2.75, 3.05) is 31.1 Å². The monoisotopic (exact) mass is 295 g/mol. The highest BCUT2D eigenvalue weighted by Gasteiger charge is 2.32. The molecule has 0 saturated carbocycles. The van der Waals surface area contributed by atoms with Crippen molar-refractivity contribution < 1.29 is 5.21 Å². The molecule has 0 amide bonds. The summed E-state index contributed by atoms with van der Waals surface area (Å²) in [6.07, 6.45) is 4.15. The van der Waals surface area contributed by atoms with Crippen LogP contribution in [0.3, 0.4) is 0 Å². The number of piperazine rings is 1. The van der Waals surface area contributed by atoms with E-state index in [9.17, 15) is 0 Å². The van der Waals surface area contributed by atoms with Gasteiger partial charge in [-0.1, -0.05) is 16.8 Å². The number of rotatable bonds is 2. The Labute approximate surface area is 122 Å². The Hall–Kier alpha value is -1.53. The second kappa shape index (κ2) is 5.46. The molecule has 1 atom stereocenters. The number of oxime groups is 1. The predicted octanol–water partition coefficient (Wildman–Crippen LogP) is 1.11. The highest BCUT2D eigenvalue weighted by atomic mass is 35.5. The average molecular weight is 296 g/mol. The van der Waals surface area contributed by atoms with Crippen molar-refractivity contribution in [3.8, 4) is 0 Å². The van der Waals surface area contributed by atoms with E-state index >= 15 is 0 Å².